The number of piperazine rings is 2. The van der Waals surface area contributed by atoms with Gasteiger partial charge < -0.3 is 20.9 Å². The van der Waals surface area contributed by atoms with Gasteiger partial charge in [0.25, 0.3) is 0 Å². The minimum atomic E-state index is -0.398. The Labute approximate surface area is 173 Å². The molecule has 7 nitrogen and oxygen atoms in total. The Balaban J connectivity index is 0.00000182. The van der Waals surface area contributed by atoms with Crippen molar-refractivity contribution in [1.82, 2.24) is 15.1 Å². The van der Waals surface area contributed by atoms with Gasteiger partial charge in [-0.15, -0.1) is 24.8 Å². The highest BCUT2D eigenvalue weighted by molar-refractivity contribution is 5.93. The maximum absolute atomic E-state index is 12.2. The molecule has 0 saturated carbocycles. The molecule has 0 unspecified atom stereocenters. The molecule has 2 heterocycles. The van der Waals surface area contributed by atoms with Crippen molar-refractivity contribution in [3.05, 3.63) is 29.8 Å². The molecule has 1 aromatic carbocycles. The Morgan fingerprint density at radius 1 is 0.926 bits per heavy atom. The van der Waals surface area contributed by atoms with Gasteiger partial charge in [0.15, 0.2) is 0 Å². The summed E-state index contributed by atoms with van der Waals surface area (Å²) in [5.74, 6) is -0.128. The molecule has 3 rings (SSSR count). The molecule has 0 aromatic heterocycles. The Hall–Kier alpha value is -1.54. The van der Waals surface area contributed by atoms with Crippen molar-refractivity contribution in [1.29, 1.82) is 0 Å². The van der Waals surface area contributed by atoms with E-state index in [0.29, 0.717) is 12.0 Å². The number of carbonyl (C=O) groups excluding carboxylic acids is 2. The van der Waals surface area contributed by atoms with Gasteiger partial charge in [0.2, 0.25) is 11.8 Å². The highest BCUT2D eigenvalue weighted by Crippen LogP contribution is 2.17. The molecule has 0 radical (unpaired) electrons. The van der Waals surface area contributed by atoms with Gasteiger partial charge in [-0.05, 0) is 24.3 Å². The van der Waals surface area contributed by atoms with Crippen LogP contribution in [0.25, 0.3) is 0 Å². The van der Waals surface area contributed by atoms with Gasteiger partial charge in [-0.1, -0.05) is 0 Å². The molecule has 9 heteroatoms. The third-order valence-electron chi connectivity index (χ3n) is 5.00. The van der Waals surface area contributed by atoms with E-state index in [1.165, 1.54) is 0 Å². The van der Waals surface area contributed by atoms with Crippen molar-refractivity contribution in [2.45, 2.75) is 6.42 Å². The Morgan fingerprint density at radius 2 is 1.52 bits per heavy atom. The predicted octanol–water partition coefficient (Wildman–Crippen LogP) is 0.573. The molecule has 0 spiro atoms. The highest BCUT2D eigenvalue weighted by Gasteiger charge is 2.20. The van der Waals surface area contributed by atoms with E-state index in [9.17, 15) is 9.59 Å². The molecule has 2 aliphatic heterocycles. The summed E-state index contributed by atoms with van der Waals surface area (Å²) in [4.78, 5) is 30.0. The highest BCUT2D eigenvalue weighted by atomic mass is 35.5. The lowest BCUT2D eigenvalue weighted by Crippen LogP contribution is -2.49. The van der Waals surface area contributed by atoms with Crippen molar-refractivity contribution in [2.75, 3.05) is 63.8 Å². The molecule has 0 aliphatic carbocycles. The first-order valence-electron chi connectivity index (χ1n) is 8.99. The van der Waals surface area contributed by atoms with Gasteiger partial charge in [-0.2, -0.15) is 0 Å². The van der Waals surface area contributed by atoms with E-state index in [2.05, 4.69) is 15.1 Å². The minimum absolute atomic E-state index is 0. The number of halogens is 2. The number of amides is 2. The number of nitrogens with two attached hydrogens (primary N) is 1. The topological polar surface area (TPSA) is 81.9 Å². The SMILES string of the molecule is Cl.Cl.NC(=O)c1ccc(N2CCN(CCC(=O)N3CCNCC3)CC2)cc1. The van der Waals surface area contributed by atoms with Crippen LogP contribution in [-0.4, -0.2) is 80.5 Å². The normalized spacial score (nSPS) is 17.6. The fourth-order valence-corrected chi connectivity index (χ4v) is 3.39. The summed E-state index contributed by atoms with van der Waals surface area (Å²) in [7, 11) is 0. The molecule has 2 aliphatic rings. The Bertz CT molecular complexity index is 600. The zero-order chi connectivity index (χ0) is 17.6. The smallest absolute Gasteiger partial charge is 0.248 e. The number of nitrogens with zero attached hydrogens (tertiary/aromatic N) is 3. The molecule has 2 amide bonds. The van der Waals surface area contributed by atoms with E-state index in [0.717, 1.165) is 64.6 Å². The summed E-state index contributed by atoms with van der Waals surface area (Å²) in [6.07, 6.45) is 0.604. The molecule has 2 saturated heterocycles. The van der Waals surface area contributed by atoms with Gasteiger partial charge in [-0.3, -0.25) is 14.5 Å². The van der Waals surface area contributed by atoms with Crippen LogP contribution in [0.2, 0.25) is 0 Å². The first-order valence-corrected chi connectivity index (χ1v) is 8.99. The molecular weight excluding hydrogens is 389 g/mol. The number of rotatable bonds is 5. The second-order valence-electron chi connectivity index (χ2n) is 6.62. The fourth-order valence-electron chi connectivity index (χ4n) is 3.39. The second-order valence-corrected chi connectivity index (χ2v) is 6.62. The van der Waals surface area contributed by atoms with Crippen LogP contribution in [0.15, 0.2) is 24.3 Å². The summed E-state index contributed by atoms with van der Waals surface area (Å²) in [6.45, 7) is 8.05. The van der Waals surface area contributed by atoms with E-state index in [-0.39, 0.29) is 30.7 Å². The molecule has 27 heavy (non-hydrogen) atoms. The van der Waals surface area contributed by atoms with Crippen LogP contribution in [0.3, 0.4) is 0 Å². The number of hydrogen-bond donors (Lipinski definition) is 2. The molecule has 3 N–H and O–H groups in total. The van der Waals surface area contributed by atoms with E-state index < -0.39 is 5.91 Å². The Kier molecular flexibility index (Phi) is 9.87. The lowest BCUT2D eigenvalue weighted by Gasteiger charge is -2.36. The summed E-state index contributed by atoms with van der Waals surface area (Å²) in [5, 5.41) is 3.27. The zero-order valence-corrected chi connectivity index (χ0v) is 17.1. The lowest BCUT2D eigenvalue weighted by molar-refractivity contribution is -0.132. The largest absolute Gasteiger partial charge is 0.369 e. The van der Waals surface area contributed by atoms with Crippen molar-refractivity contribution >= 4 is 42.3 Å². The van der Waals surface area contributed by atoms with Crippen molar-refractivity contribution in [2.24, 2.45) is 5.73 Å². The third-order valence-corrected chi connectivity index (χ3v) is 5.00. The second kappa shape index (κ2) is 11.3. The zero-order valence-electron chi connectivity index (χ0n) is 15.4. The average Bonchev–Trinajstić information content (AvgIpc) is 2.67. The Morgan fingerprint density at radius 3 is 2.07 bits per heavy atom. The molecule has 152 valence electrons. The predicted molar refractivity (Wildman–Crippen MR) is 112 cm³/mol. The standard InChI is InChI=1S/C18H27N5O2.2ClH/c19-18(25)15-1-3-16(4-2-15)22-13-11-21(12-14-22)8-5-17(24)23-9-6-20-7-10-23;;/h1-4,20H,5-14H2,(H2,19,25);2*1H. The van der Waals surface area contributed by atoms with Gasteiger partial charge in [0.1, 0.15) is 0 Å². The van der Waals surface area contributed by atoms with Crippen molar-refractivity contribution in [3.8, 4) is 0 Å². The monoisotopic (exact) mass is 417 g/mol. The summed E-state index contributed by atoms with van der Waals surface area (Å²) < 4.78 is 0. The number of carbonyl (C=O) groups is 2. The third kappa shape index (κ3) is 6.53. The van der Waals surface area contributed by atoms with Crippen LogP contribution in [-0.2, 0) is 4.79 Å². The van der Waals surface area contributed by atoms with Crippen LogP contribution < -0.4 is 16.0 Å². The van der Waals surface area contributed by atoms with Gasteiger partial charge in [0.05, 0.1) is 0 Å². The quantitative estimate of drug-likeness (QED) is 0.731. The molecule has 0 bridgehead atoms. The fraction of sp³-hybridized carbons (Fsp3) is 0.556. The van der Waals surface area contributed by atoms with Crippen LogP contribution in [0.5, 0.6) is 0 Å². The summed E-state index contributed by atoms with van der Waals surface area (Å²) in [5.41, 5.74) is 6.93. The summed E-state index contributed by atoms with van der Waals surface area (Å²) >= 11 is 0. The van der Waals surface area contributed by atoms with Crippen molar-refractivity contribution in [3.63, 3.8) is 0 Å². The lowest BCUT2D eigenvalue weighted by atomic mass is 10.1. The number of hydrogen-bond acceptors (Lipinski definition) is 5. The maximum Gasteiger partial charge on any atom is 0.248 e. The van der Waals surface area contributed by atoms with Gasteiger partial charge in [0, 0.05) is 76.6 Å². The van der Waals surface area contributed by atoms with Gasteiger partial charge >= 0.3 is 0 Å². The summed E-state index contributed by atoms with van der Waals surface area (Å²) in [6, 6.07) is 7.44. The molecule has 2 fully saturated rings. The van der Waals surface area contributed by atoms with Crippen LogP contribution in [0, 0.1) is 0 Å². The molecule has 1 aromatic rings. The van der Waals surface area contributed by atoms with Gasteiger partial charge in [-0.25, -0.2) is 0 Å². The van der Waals surface area contributed by atoms with E-state index in [1.54, 1.807) is 12.1 Å². The number of primary amides is 1. The van der Waals surface area contributed by atoms with E-state index in [1.807, 2.05) is 17.0 Å². The molecule has 0 atom stereocenters. The number of benzene rings is 1. The van der Waals surface area contributed by atoms with Crippen LogP contribution in [0.1, 0.15) is 16.8 Å². The van der Waals surface area contributed by atoms with Crippen LogP contribution in [0.4, 0.5) is 5.69 Å². The maximum atomic E-state index is 12.2. The van der Waals surface area contributed by atoms with Crippen molar-refractivity contribution < 1.29 is 9.59 Å². The average molecular weight is 418 g/mol. The van der Waals surface area contributed by atoms with Crippen LogP contribution >= 0.6 is 24.8 Å². The van der Waals surface area contributed by atoms with E-state index >= 15 is 0 Å². The first kappa shape index (κ1) is 23.5. The van der Waals surface area contributed by atoms with E-state index in [4.69, 9.17) is 5.73 Å². The minimum Gasteiger partial charge on any atom is -0.369 e. The first-order chi connectivity index (χ1) is 12.1. The molecular formula is C18H29Cl2N5O2. The number of nitrogens with one attached hydrogen (secondary N) is 1. The number of anilines is 1.